The Bertz CT molecular complexity index is 477. The van der Waals surface area contributed by atoms with E-state index in [0.717, 1.165) is 16.7 Å². The molecule has 0 aliphatic carbocycles. The first-order valence-electron chi connectivity index (χ1n) is 4.62. The van der Waals surface area contributed by atoms with E-state index in [1.807, 2.05) is 6.07 Å². The lowest BCUT2D eigenvalue weighted by Crippen LogP contribution is -1.90. The summed E-state index contributed by atoms with van der Waals surface area (Å²) in [4.78, 5) is 4.35. The zero-order valence-electron chi connectivity index (χ0n) is 8.66. The van der Waals surface area contributed by atoms with E-state index in [9.17, 15) is 0 Å². The smallest absolute Gasteiger partial charge is 0.129 e. The van der Waals surface area contributed by atoms with Crippen LogP contribution in [0.3, 0.4) is 0 Å². The molecule has 72 valence electrons. The van der Waals surface area contributed by atoms with E-state index >= 15 is 0 Å². The summed E-state index contributed by atoms with van der Waals surface area (Å²) in [7, 11) is 1.69. The summed E-state index contributed by atoms with van der Waals surface area (Å²) in [6.45, 7) is 4.15. The number of nitrogens with zero attached hydrogens (tertiary/aromatic N) is 1. The molecule has 14 heavy (non-hydrogen) atoms. The number of fused-ring (bicyclic) bond motifs is 1. The molecule has 0 N–H and O–H groups in total. The molecule has 0 bridgehead atoms. The Hall–Kier alpha value is -1.57. The lowest BCUT2D eigenvalue weighted by molar-refractivity contribution is 0.419. The molecule has 0 fully saturated rings. The topological polar surface area (TPSA) is 22.1 Å². The monoisotopic (exact) mass is 187 g/mol. The first-order chi connectivity index (χ1) is 6.72. The first kappa shape index (κ1) is 9.00. The van der Waals surface area contributed by atoms with Crippen molar-refractivity contribution >= 4 is 10.9 Å². The van der Waals surface area contributed by atoms with Gasteiger partial charge in [-0.25, -0.2) is 0 Å². The standard InChI is InChI=1S/C12H13NO/c1-8-6-9(2)12-10(7-8)11(14-3)4-5-13-12/h4-7H,1-3H3. The summed E-state index contributed by atoms with van der Waals surface area (Å²) in [5.41, 5.74) is 3.45. The van der Waals surface area contributed by atoms with E-state index < -0.39 is 0 Å². The van der Waals surface area contributed by atoms with Gasteiger partial charge in [-0.15, -0.1) is 0 Å². The number of ether oxygens (including phenoxy) is 1. The lowest BCUT2D eigenvalue weighted by Gasteiger charge is -2.07. The predicted octanol–water partition coefficient (Wildman–Crippen LogP) is 2.86. The summed E-state index contributed by atoms with van der Waals surface area (Å²) in [6.07, 6.45) is 1.78. The number of rotatable bonds is 1. The van der Waals surface area contributed by atoms with Crippen LogP contribution in [0.5, 0.6) is 5.75 Å². The molecule has 0 atom stereocenters. The molecule has 1 aromatic carbocycles. The van der Waals surface area contributed by atoms with Crippen LogP contribution >= 0.6 is 0 Å². The van der Waals surface area contributed by atoms with Gasteiger partial charge in [-0.3, -0.25) is 4.98 Å². The summed E-state index contributed by atoms with van der Waals surface area (Å²) < 4.78 is 5.30. The lowest BCUT2D eigenvalue weighted by atomic mass is 10.1. The number of methoxy groups -OCH3 is 1. The van der Waals surface area contributed by atoms with Crippen LogP contribution in [0.2, 0.25) is 0 Å². The summed E-state index contributed by atoms with van der Waals surface area (Å²) in [5.74, 6) is 0.891. The molecule has 0 aliphatic heterocycles. The molecule has 2 nitrogen and oxygen atoms in total. The van der Waals surface area contributed by atoms with Gasteiger partial charge in [0.2, 0.25) is 0 Å². The van der Waals surface area contributed by atoms with Crippen molar-refractivity contribution < 1.29 is 4.74 Å². The molecule has 0 saturated carbocycles. The molecule has 0 aliphatic rings. The van der Waals surface area contributed by atoms with Crippen LogP contribution in [0.4, 0.5) is 0 Å². The van der Waals surface area contributed by atoms with Crippen molar-refractivity contribution in [1.82, 2.24) is 4.98 Å². The molecule has 0 radical (unpaired) electrons. The van der Waals surface area contributed by atoms with Crippen molar-refractivity contribution in [3.63, 3.8) is 0 Å². The number of benzene rings is 1. The van der Waals surface area contributed by atoms with E-state index in [1.54, 1.807) is 13.3 Å². The third-order valence-electron chi connectivity index (χ3n) is 2.36. The SMILES string of the molecule is COc1ccnc2c(C)cc(C)cc12. The number of aryl methyl sites for hydroxylation is 2. The van der Waals surface area contributed by atoms with E-state index in [2.05, 4.69) is 31.0 Å². The van der Waals surface area contributed by atoms with Crippen LogP contribution in [0.15, 0.2) is 24.4 Å². The number of hydrogen-bond donors (Lipinski definition) is 0. The molecule has 2 aromatic rings. The zero-order chi connectivity index (χ0) is 10.1. The molecule has 0 saturated heterocycles. The van der Waals surface area contributed by atoms with E-state index in [1.165, 1.54) is 11.1 Å². The summed E-state index contributed by atoms with van der Waals surface area (Å²) in [5, 5.41) is 1.09. The Kier molecular flexibility index (Phi) is 2.12. The minimum Gasteiger partial charge on any atom is -0.496 e. The van der Waals surface area contributed by atoms with E-state index in [0.29, 0.717) is 0 Å². The van der Waals surface area contributed by atoms with Crippen molar-refractivity contribution in [2.75, 3.05) is 7.11 Å². The van der Waals surface area contributed by atoms with Crippen molar-refractivity contribution in [2.45, 2.75) is 13.8 Å². The van der Waals surface area contributed by atoms with Crippen molar-refractivity contribution in [3.05, 3.63) is 35.5 Å². The van der Waals surface area contributed by atoms with Gasteiger partial charge in [0.05, 0.1) is 12.6 Å². The van der Waals surface area contributed by atoms with Crippen LogP contribution in [-0.4, -0.2) is 12.1 Å². The van der Waals surface area contributed by atoms with Gasteiger partial charge in [-0.05, 0) is 37.1 Å². The maximum absolute atomic E-state index is 5.30. The van der Waals surface area contributed by atoms with Gasteiger partial charge >= 0.3 is 0 Å². The first-order valence-corrected chi connectivity index (χ1v) is 4.62. The quantitative estimate of drug-likeness (QED) is 0.684. The van der Waals surface area contributed by atoms with Gasteiger partial charge in [-0.2, -0.15) is 0 Å². The average Bonchev–Trinajstić information content (AvgIpc) is 2.17. The van der Waals surface area contributed by atoms with E-state index in [4.69, 9.17) is 4.74 Å². The Morgan fingerprint density at radius 3 is 2.71 bits per heavy atom. The maximum Gasteiger partial charge on any atom is 0.129 e. The third kappa shape index (κ3) is 1.33. The molecule has 0 unspecified atom stereocenters. The normalized spacial score (nSPS) is 10.5. The summed E-state index contributed by atoms with van der Waals surface area (Å²) >= 11 is 0. The van der Waals surface area contributed by atoms with Crippen molar-refractivity contribution in [3.8, 4) is 5.75 Å². The third-order valence-corrected chi connectivity index (χ3v) is 2.36. The summed E-state index contributed by atoms with van der Waals surface area (Å²) in [6, 6.07) is 6.13. The van der Waals surface area contributed by atoms with Crippen LogP contribution in [0, 0.1) is 13.8 Å². The molecule has 2 rings (SSSR count). The highest BCUT2D eigenvalue weighted by molar-refractivity contribution is 5.87. The van der Waals surface area contributed by atoms with Crippen molar-refractivity contribution in [1.29, 1.82) is 0 Å². The van der Waals surface area contributed by atoms with E-state index in [-0.39, 0.29) is 0 Å². The second-order valence-corrected chi connectivity index (χ2v) is 3.49. The molecular formula is C12H13NO. The maximum atomic E-state index is 5.30. The van der Waals surface area contributed by atoms with Crippen LogP contribution in [0.25, 0.3) is 10.9 Å². The van der Waals surface area contributed by atoms with Gasteiger partial charge in [-0.1, -0.05) is 6.07 Å². The second kappa shape index (κ2) is 3.29. The molecule has 2 heteroatoms. The Balaban J connectivity index is 2.86. The highest BCUT2D eigenvalue weighted by Gasteiger charge is 2.04. The Labute approximate surface area is 83.5 Å². The molecule has 0 spiro atoms. The zero-order valence-corrected chi connectivity index (χ0v) is 8.66. The molecule has 1 aromatic heterocycles. The predicted molar refractivity (Wildman–Crippen MR) is 57.8 cm³/mol. The van der Waals surface area contributed by atoms with Crippen molar-refractivity contribution in [2.24, 2.45) is 0 Å². The van der Waals surface area contributed by atoms with Gasteiger partial charge in [0.15, 0.2) is 0 Å². The van der Waals surface area contributed by atoms with Gasteiger partial charge in [0, 0.05) is 11.6 Å². The minimum absolute atomic E-state index is 0.891. The largest absolute Gasteiger partial charge is 0.496 e. The molecular weight excluding hydrogens is 174 g/mol. The van der Waals surface area contributed by atoms with Gasteiger partial charge in [0.1, 0.15) is 5.75 Å². The van der Waals surface area contributed by atoms with Crippen LogP contribution < -0.4 is 4.74 Å². The fourth-order valence-corrected chi connectivity index (χ4v) is 1.77. The van der Waals surface area contributed by atoms with Crippen LogP contribution in [0.1, 0.15) is 11.1 Å². The molecule has 1 heterocycles. The number of hydrogen-bond acceptors (Lipinski definition) is 2. The fraction of sp³-hybridized carbons (Fsp3) is 0.250. The Morgan fingerprint density at radius 1 is 1.21 bits per heavy atom. The average molecular weight is 187 g/mol. The van der Waals surface area contributed by atoms with Gasteiger partial charge < -0.3 is 4.74 Å². The number of pyridine rings is 1. The number of aromatic nitrogens is 1. The highest BCUT2D eigenvalue weighted by atomic mass is 16.5. The highest BCUT2D eigenvalue weighted by Crippen LogP contribution is 2.26. The fourth-order valence-electron chi connectivity index (χ4n) is 1.77. The minimum atomic E-state index is 0.891. The molecule has 0 amide bonds. The van der Waals surface area contributed by atoms with Gasteiger partial charge in [0.25, 0.3) is 0 Å². The second-order valence-electron chi connectivity index (χ2n) is 3.49. The van der Waals surface area contributed by atoms with Crippen LogP contribution in [-0.2, 0) is 0 Å². The Morgan fingerprint density at radius 2 is 2.00 bits per heavy atom.